The molecule has 0 bridgehead atoms. The van der Waals surface area contributed by atoms with Crippen LogP contribution in [0.15, 0.2) is 59.5 Å². The normalized spacial score (nSPS) is 19.0. The number of amides is 2. The van der Waals surface area contributed by atoms with Gasteiger partial charge >= 0.3 is 6.03 Å². The zero-order valence-electron chi connectivity index (χ0n) is 16.7. The number of nitrogens with zero attached hydrogens (tertiary/aromatic N) is 2. The lowest BCUT2D eigenvalue weighted by Gasteiger charge is -2.36. The van der Waals surface area contributed by atoms with Crippen molar-refractivity contribution in [3.05, 3.63) is 60.2 Å². The van der Waals surface area contributed by atoms with Crippen molar-refractivity contribution < 1.29 is 13.2 Å². The van der Waals surface area contributed by atoms with Crippen molar-refractivity contribution in [3.8, 4) is 0 Å². The Kier molecular flexibility index (Phi) is 5.50. The molecule has 150 valence electrons. The van der Waals surface area contributed by atoms with E-state index in [0.29, 0.717) is 12.2 Å². The van der Waals surface area contributed by atoms with Crippen molar-refractivity contribution in [1.29, 1.82) is 0 Å². The molecule has 1 aliphatic heterocycles. The summed E-state index contributed by atoms with van der Waals surface area (Å²) in [5.74, 6) is 0.270. The van der Waals surface area contributed by atoms with E-state index in [1.54, 1.807) is 12.1 Å². The fraction of sp³-hybridized carbons (Fsp3) is 0.381. The summed E-state index contributed by atoms with van der Waals surface area (Å²) in [5, 5.41) is 2.90. The SMILES string of the molecule is CN(C)S(=O)(=O)c1ccc(NC(=O)N2CCC(c3ccccc3)C2(C)C)cc1. The molecule has 7 heteroatoms. The smallest absolute Gasteiger partial charge is 0.319 e. The van der Waals surface area contributed by atoms with Crippen LogP contribution in [-0.2, 0) is 10.0 Å². The molecule has 0 radical (unpaired) electrons. The van der Waals surface area contributed by atoms with Gasteiger partial charge in [0.25, 0.3) is 0 Å². The van der Waals surface area contributed by atoms with Crippen LogP contribution in [0.4, 0.5) is 10.5 Å². The van der Waals surface area contributed by atoms with E-state index in [4.69, 9.17) is 0 Å². The molecule has 6 nitrogen and oxygen atoms in total. The van der Waals surface area contributed by atoms with Gasteiger partial charge in [-0.15, -0.1) is 0 Å². The van der Waals surface area contributed by atoms with Crippen molar-refractivity contribution in [2.24, 2.45) is 0 Å². The highest BCUT2D eigenvalue weighted by atomic mass is 32.2. The van der Waals surface area contributed by atoms with E-state index in [1.807, 2.05) is 23.1 Å². The molecule has 1 aliphatic rings. The number of anilines is 1. The Morgan fingerprint density at radius 1 is 1.07 bits per heavy atom. The summed E-state index contributed by atoms with van der Waals surface area (Å²) in [4.78, 5) is 14.9. The molecular weight excluding hydrogens is 374 g/mol. The monoisotopic (exact) mass is 401 g/mol. The molecule has 1 saturated heterocycles. The first-order chi connectivity index (χ1) is 13.1. The van der Waals surface area contributed by atoms with Gasteiger partial charge < -0.3 is 10.2 Å². The lowest BCUT2D eigenvalue weighted by Crippen LogP contribution is -2.47. The highest BCUT2D eigenvalue weighted by Crippen LogP contribution is 2.41. The number of hydrogen-bond donors (Lipinski definition) is 1. The number of rotatable bonds is 4. The lowest BCUT2D eigenvalue weighted by molar-refractivity contribution is 0.171. The Labute approximate surface area is 167 Å². The summed E-state index contributed by atoms with van der Waals surface area (Å²) in [5.41, 5.74) is 1.49. The predicted octanol–water partition coefficient (Wildman–Crippen LogP) is 3.74. The second-order valence-electron chi connectivity index (χ2n) is 7.80. The van der Waals surface area contributed by atoms with Crippen LogP contribution >= 0.6 is 0 Å². The molecule has 3 rings (SSSR count). The zero-order chi connectivity index (χ0) is 20.5. The minimum absolute atomic E-state index is 0.174. The molecule has 2 aromatic rings. The molecule has 1 N–H and O–H groups in total. The van der Waals surface area contributed by atoms with Gasteiger partial charge in [0, 0.05) is 37.8 Å². The molecule has 2 aromatic carbocycles. The van der Waals surface area contributed by atoms with Gasteiger partial charge in [0.15, 0.2) is 0 Å². The lowest BCUT2D eigenvalue weighted by atomic mass is 9.83. The Hall–Kier alpha value is -2.38. The molecule has 0 aliphatic carbocycles. The maximum atomic E-state index is 12.9. The van der Waals surface area contributed by atoms with Crippen LogP contribution in [0, 0.1) is 0 Å². The van der Waals surface area contributed by atoms with E-state index in [-0.39, 0.29) is 22.4 Å². The van der Waals surface area contributed by atoms with Gasteiger partial charge in [-0.05, 0) is 50.1 Å². The quantitative estimate of drug-likeness (QED) is 0.848. The summed E-state index contributed by atoms with van der Waals surface area (Å²) < 4.78 is 25.5. The van der Waals surface area contributed by atoms with E-state index in [0.717, 1.165) is 10.7 Å². The Morgan fingerprint density at radius 3 is 2.25 bits per heavy atom. The fourth-order valence-electron chi connectivity index (χ4n) is 3.82. The molecule has 1 fully saturated rings. The van der Waals surface area contributed by atoms with Gasteiger partial charge in [0.2, 0.25) is 10.0 Å². The molecule has 2 amide bonds. The average molecular weight is 402 g/mol. The number of carbonyl (C=O) groups excluding carboxylic acids is 1. The third kappa shape index (κ3) is 3.77. The van der Waals surface area contributed by atoms with Crippen molar-refractivity contribution in [2.45, 2.75) is 36.6 Å². The predicted molar refractivity (Wildman–Crippen MR) is 111 cm³/mol. The number of carbonyl (C=O) groups is 1. The average Bonchev–Trinajstić information content (AvgIpc) is 2.97. The molecule has 0 aromatic heterocycles. The van der Waals surface area contributed by atoms with Gasteiger partial charge in [0.1, 0.15) is 0 Å². The maximum Gasteiger partial charge on any atom is 0.322 e. The van der Waals surface area contributed by atoms with Crippen molar-refractivity contribution >= 4 is 21.7 Å². The van der Waals surface area contributed by atoms with Crippen molar-refractivity contribution in [3.63, 3.8) is 0 Å². The molecule has 0 spiro atoms. The van der Waals surface area contributed by atoms with Crippen LogP contribution in [0.3, 0.4) is 0 Å². The Morgan fingerprint density at radius 2 is 1.68 bits per heavy atom. The third-order valence-electron chi connectivity index (χ3n) is 5.52. The van der Waals surface area contributed by atoms with Crippen molar-refractivity contribution in [1.82, 2.24) is 9.21 Å². The Bertz CT molecular complexity index is 939. The fourth-order valence-corrected chi connectivity index (χ4v) is 4.72. The summed E-state index contributed by atoms with van der Waals surface area (Å²) >= 11 is 0. The van der Waals surface area contributed by atoms with E-state index in [9.17, 15) is 13.2 Å². The number of nitrogens with one attached hydrogen (secondary N) is 1. The number of sulfonamides is 1. The van der Waals surface area contributed by atoms with Gasteiger partial charge in [-0.25, -0.2) is 17.5 Å². The minimum atomic E-state index is -3.48. The van der Waals surface area contributed by atoms with Crippen molar-refractivity contribution in [2.75, 3.05) is 26.0 Å². The van der Waals surface area contributed by atoms with Crippen LogP contribution in [0.5, 0.6) is 0 Å². The molecule has 1 atom stereocenters. The summed E-state index contributed by atoms with van der Waals surface area (Å²) in [6.07, 6.45) is 0.907. The second-order valence-corrected chi connectivity index (χ2v) is 9.95. The molecule has 0 saturated carbocycles. The zero-order valence-corrected chi connectivity index (χ0v) is 17.5. The topological polar surface area (TPSA) is 69.7 Å². The van der Waals surface area contributed by atoms with Gasteiger partial charge in [-0.2, -0.15) is 0 Å². The van der Waals surface area contributed by atoms with E-state index in [1.165, 1.54) is 31.8 Å². The third-order valence-corrected chi connectivity index (χ3v) is 7.35. The summed E-state index contributed by atoms with van der Waals surface area (Å²) in [6.45, 7) is 4.85. The van der Waals surface area contributed by atoms with E-state index in [2.05, 4.69) is 31.3 Å². The van der Waals surface area contributed by atoms with Crippen LogP contribution in [0.2, 0.25) is 0 Å². The standard InChI is InChI=1S/C21H27N3O3S/c1-21(2)19(16-8-6-5-7-9-16)14-15-24(21)20(25)22-17-10-12-18(13-11-17)28(26,27)23(3)4/h5-13,19H,14-15H2,1-4H3,(H,22,25). The van der Waals surface area contributed by atoms with Crippen LogP contribution in [-0.4, -0.2) is 49.8 Å². The van der Waals surface area contributed by atoms with Gasteiger partial charge in [0.05, 0.1) is 4.90 Å². The molecule has 28 heavy (non-hydrogen) atoms. The van der Waals surface area contributed by atoms with Gasteiger partial charge in [-0.3, -0.25) is 0 Å². The highest BCUT2D eigenvalue weighted by molar-refractivity contribution is 7.89. The molecular formula is C21H27N3O3S. The molecule has 1 heterocycles. The minimum Gasteiger partial charge on any atom is -0.319 e. The summed E-state index contributed by atoms with van der Waals surface area (Å²) in [7, 11) is -0.505. The number of likely N-dealkylation sites (tertiary alicyclic amines) is 1. The van der Waals surface area contributed by atoms with Crippen LogP contribution in [0.25, 0.3) is 0 Å². The first kappa shape index (κ1) is 20.4. The van der Waals surface area contributed by atoms with Crippen LogP contribution < -0.4 is 5.32 Å². The number of hydrogen-bond acceptors (Lipinski definition) is 3. The van der Waals surface area contributed by atoms with Gasteiger partial charge in [-0.1, -0.05) is 30.3 Å². The van der Waals surface area contributed by atoms with Crippen LogP contribution in [0.1, 0.15) is 31.7 Å². The molecule has 1 unspecified atom stereocenters. The Balaban J connectivity index is 1.73. The van der Waals surface area contributed by atoms with E-state index < -0.39 is 10.0 Å². The van der Waals surface area contributed by atoms with E-state index >= 15 is 0 Å². The summed E-state index contributed by atoms with van der Waals surface area (Å²) in [6, 6.07) is 16.3. The number of benzene rings is 2. The first-order valence-corrected chi connectivity index (χ1v) is 10.7. The maximum absolute atomic E-state index is 12.9. The second kappa shape index (κ2) is 7.56. The number of urea groups is 1. The first-order valence-electron chi connectivity index (χ1n) is 9.30. The largest absolute Gasteiger partial charge is 0.322 e. The highest BCUT2D eigenvalue weighted by Gasteiger charge is 2.44.